The van der Waals surface area contributed by atoms with Crippen LogP contribution in [0, 0.1) is 11.8 Å². The van der Waals surface area contributed by atoms with Crippen molar-refractivity contribution in [2.75, 3.05) is 37.4 Å². The fourth-order valence-electron chi connectivity index (χ4n) is 3.36. The highest BCUT2D eigenvalue weighted by molar-refractivity contribution is 6.34. The number of hydrogen-bond donors (Lipinski definition) is 1. The van der Waals surface area contributed by atoms with Gasteiger partial charge < -0.3 is 20.1 Å². The summed E-state index contributed by atoms with van der Waals surface area (Å²) in [6.07, 6.45) is 1.17. The third kappa shape index (κ3) is 3.66. The Morgan fingerprint density at radius 2 is 2.00 bits per heavy atom. The van der Waals surface area contributed by atoms with Gasteiger partial charge in [-0.3, -0.25) is 0 Å². The van der Waals surface area contributed by atoms with Gasteiger partial charge in [0.25, 0.3) is 0 Å². The van der Waals surface area contributed by atoms with E-state index in [9.17, 15) is 4.79 Å². The molecule has 0 aliphatic carbocycles. The predicted molar refractivity (Wildman–Crippen MR) is 93.5 cm³/mol. The number of rotatable bonds is 4. The zero-order chi connectivity index (χ0) is 17.1. The lowest BCUT2D eigenvalue weighted by Crippen LogP contribution is -2.39. The lowest BCUT2D eigenvalue weighted by molar-refractivity contribution is 0.0523. The summed E-state index contributed by atoms with van der Waals surface area (Å²) >= 11 is 6.27. The number of piperidine rings is 1. The Bertz CT molecular complexity index is 582. The van der Waals surface area contributed by atoms with Gasteiger partial charge in [0.1, 0.15) is 11.3 Å². The molecule has 1 fully saturated rings. The van der Waals surface area contributed by atoms with Crippen molar-refractivity contribution in [1.29, 1.82) is 0 Å². The second-order valence-electron chi connectivity index (χ2n) is 6.27. The maximum atomic E-state index is 12.2. The number of nitrogen functional groups attached to an aromatic ring is 1. The molecule has 2 unspecified atom stereocenters. The maximum Gasteiger partial charge on any atom is 0.342 e. The molecule has 0 aromatic heterocycles. The van der Waals surface area contributed by atoms with Crippen molar-refractivity contribution < 1.29 is 14.3 Å². The number of ether oxygens (including phenoxy) is 2. The van der Waals surface area contributed by atoms with Crippen LogP contribution in [0.25, 0.3) is 0 Å². The molecule has 6 heteroatoms. The minimum Gasteiger partial charge on any atom is -0.494 e. The average Bonchev–Trinajstić information content (AvgIpc) is 2.48. The fraction of sp³-hybridized carbons (Fsp3) is 0.588. The summed E-state index contributed by atoms with van der Waals surface area (Å²) in [5.41, 5.74) is 7.67. The molecule has 1 aromatic carbocycles. The summed E-state index contributed by atoms with van der Waals surface area (Å²) < 4.78 is 10.6. The average molecular weight is 341 g/mol. The quantitative estimate of drug-likeness (QED) is 0.670. The van der Waals surface area contributed by atoms with E-state index in [1.54, 1.807) is 6.92 Å². The lowest BCUT2D eigenvalue weighted by atomic mass is 9.91. The van der Waals surface area contributed by atoms with Gasteiger partial charge in [0, 0.05) is 13.1 Å². The van der Waals surface area contributed by atoms with Gasteiger partial charge in [-0.15, -0.1) is 0 Å². The number of anilines is 2. The van der Waals surface area contributed by atoms with Crippen LogP contribution in [0.4, 0.5) is 11.4 Å². The first-order valence-corrected chi connectivity index (χ1v) is 8.34. The zero-order valence-corrected chi connectivity index (χ0v) is 14.9. The largest absolute Gasteiger partial charge is 0.494 e. The molecule has 1 aliphatic heterocycles. The second-order valence-corrected chi connectivity index (χ2v) is 6.68. The number of nitrogens with two attached hydrogens (primary N) is 1. The van der Waals surface area contributed by atoms with Crippen LogP contribution in [0.5, 0.6) is 5.75 Å². The van der Waals surface area contributed by atoms with Crippen molar-refractivity contribution in [1.82, 2.24) is 0 Å². The molecule has 2 N–H and O–H groups in total. The lowest BCUT2D eigenvalue weighted by Gasteiger charge is -2.38. The van der Waals surface area contributed by atoms with Crippen LogP contribution in [0.15, 0.2) is 6.07 Å². The van der Waals surface area contributed by atoms with Crippen LogP contribution in [0.3, 0.4) is 0 Å². The number of esters is 1. The summed E-state index contributed by atoms with van der Waals surface area (Å²) in [6, 6.07) is 1.52. The van der Waals surface area contributed by atoms with Crippen LogP contribution < -0.4 is 15.4 Å². The third-order valence-corrected chi connectivity index (χ3v) is 4.44. The number of hydrogen-bond acceptors (Lipinski definition) is 5. The molecule has 0 bridgehead atoms. The van der Waals surface area contributed by atoms with Crippen molar-refractivity contribution in [2.24, 2.45) is 11.8 Å². The molecule has 2 rings (SSSR count). The van der Waals surface area contributed by atoms with Crippen molar-refractivity contribution in [2.45, 2.75) is 27.2 Å². The van der Waals surface area contributed by atoms with E-state index >= 15 is 0 Å². The molecule has 2 atom stereocenters. The van der Waals surface area contributed by atoms with Crippen molar-refractivity contribution >= 4 is 28.9 Å². The molecule has 5 nitrogen and oxygen atoms in total. The molecule has 0 amide bonds. The molecule has 128 valence electrons. The zero-order valence-electron chi connectivity index (χ0n) is 14.2. The topological polar surface area (TPSA) is 64.8 Å². The summed E-state index contributed by atoms with van der Waals surface area (Å²) in [6.45, 7) is 8.18. The molecule has 0 radical (unpaired) electrons. The van der Waals surface area contributed by atoms with E-state index in [4.69, 9.17) is 26.8 Å². The molecule has 1 aromatic rings. The van der Waals surface area contributed by atoms with E-state index in [-0.39, 0.29) is 6.61 Å². The standard InChI is InChI=1S/C17H25ClN2O3/c1-5-23-17(21)12-7-13(18)14(19)15(16(12)22-4)20-8-10(2)6-11(3)9-20/h7,10-11H,5-6,8-9,19H2,1-4H3. The number of nitrogens with zero attached hydrogens (tertiary/aromatic N) is 1. The van der Waals surface area contributed by atoms with Gasteiger partial charge in [0.05, 0.1) is 24.4 Å². The summed E-state index contributed by atoms with van der Waals surface area (Å²) in [7, 11) is 1.53. The fourth-order valence-corrected chi connectivity index (χ4v) is 3.56. The maximum absolute atomic E-state index is 12.2. The van der Waals surface area contributed by atoms with Gasteiger partial charge in [-0.05, 0) is 31.2 Å². The van der Waals surface area contributed by atoms with Crippen LogP contribution in [0.2, 0.25) is 5.02 Å². The molecule has 0 saturated carbocycles. The molecule has 1 heterocycles. The Hall–Kier alpha value is -1.62. The Kier molecular flexibility index (Phi) is 5.63. The SMILES string of the molecule is CCOC(=O)c1cc(Cl)c(N)c(N2CC(C)CC(C)C2)c1OC. The Balaban J connectivity index is 2.54. The van der Waals surface area contributed by atoms with Crippen molar-refractivity contribution in [3.05, 3.63) is 16.7 Å². The Morgan fingerprint density at radius 3 is 2.52 bits per heavy atom. The molecule has 23 heavy (non-hydrogen) atoms. The number of benzene rings is 1. The number of methoxy groups -OCH3 is 1. The predicted octanol–water partition coefficient (Wildman–Crippen LogP) is 3.59. The first-order valence-electron chi connectivity index (χ1n) is 7.97. The van der Waals surface area contributed by atoms with Gasteiger partial charge in [-0.2, -0.15) is 0 Å². The van der Waals surface area contributed by atoms with E-state index in [0.29, 0.717) is 39.5 Å². The molecular formula is C17H25ClN2O3. The highest BCUT2D eigenvalue weighted by Crippen LogP contribution is 2.44. The van der Waals surface area contributed by atoms with Crippen LogP contribution in [-0.4, -0.2) is 32.8 Å². The first kappa shape index (κ1) is 17.7. The number of carbonyl (C=O) groups is 1. The van der Waals surface area contributed by atoms with Crippen LogP contribution >= 0.6 is 11.6 Å². The molecular weight excluding hydrogens is 316 g/mol. The van der Waals surface area contributed by atoms with Gasteiger partial charge in [0.2, 0.25) is 0 Å². The highest BCUT2D eigenvalue weighted by Gasteiger charge is 2.29. The number of carbonyl (C=O) groups excluding carboxylic acids is 1. The monoisotopic (exact) mass is 340 g/mol. The van der Waals surface area contributed by atoms with Crippen LogP contribution in [-0.2, 0) is 4.74 Å². The molecule has 0 spiro atoms. The Labute approximate surface area is 142 Å². The van der Waals surface area contributed by atoms with E-state index < -0.39 is 5.97 Å². The van der Waals surface area contributed by atoms with E-state index in [1.807, 2.05) is 0 Å². The van der Waals surface area contributed by atoms with Crippen molar-refractivity contribution in [3.8, 4) is 5.75 Å². The second kappa shape index (κ2) is 7.30. The summed E-state index contributed by atoms with van der Waals surface area (Å²) in [5, 5.41) is 0.342. The third-order valence-electron chi connectivity index (χ3n) is 4.13. The highest BCUT2D eigenvalue weighted by atomic mass is 35.5. The van der Waals surface area contributed by atoms with E-state index in [1.165, 1.54) is 19.6 Å². The molecule has 1 aliphatic rings. The normalized spacial score (nSPS) is 21.2. The van der Waals surface area contributed by atoms with Crippen LogP contribution in [0.1, 0.15) is 37.6 Å². The van der Waals surface area contributed by atoms with Gasteiger partial charge in [0.15, 0.2) is 5.75 Å². The van der Waals surface area contributed by atoms with E-state index in [2.05, 4.69) is 18.7 Å². The summed E-state index contributed by atoms with van der Waals surface area (Å²) in [5.74, 6) is 1.05. The first-order chi connectivity index (χ1) is 10.9. The smallest absolute Gasteiger partial charge is 0.342 e. The van der Waals surface area contributed by atoms with Crippen molar-refractivity contribution in [3.63, 3.8) is 0 Å². The van der Waals surface area contributed by atoms with Gasteiger partial charge in [-0.25, -0.2) is 4.79 Å². The van der Waals surface area contributed by atoms with E-state index in [0.717, 1.165) is 13.1 Å². The van der Waals surface area contributed by atoms with Gasteiger partial charge >= 0.3 is 5.97 Å². The minimum atomic E-state index is -0.453. The minimum absolute atomic E-state index is 0.289. The molecule has 1 saturated heterocycles. The summed E-state index contributed by atoms with van der Waals surface area (Å²) in [4.78, 5) is 14.4. The van der Waals surface area contributed by atoms with Gasteiger partial charge in [-0.1, -0.05) is 25.4 Å². The Morgan fingerprint density at radius 1 is 1.39 bits per heavy atom. The number of halogens is 1.